The van der Waals surface area contributed by atoms with Gasteiger partial charge in [0.2, 0.25) is 25.4 Å². The molecule has 11 atom stereocenters. The highest BCUT2D eigenvalue weighted by Gasteiger charge is 2.59. The van der Waals surface area contributed by atoms with Crippen LogP contribution in [0.3, 0.4) is 0 Å². The SMILES string of the molecule is Cc1cc2c(c(O)c1C)[C@@H]1C3Cc4c(O)c(C)c5c(c4[C@H](CNC(=O)C(C)C)N3[C@@H](C#N)[C@H](C2)N1C)OCO5.Cc1cc2c(c(O)c1C)[C@@H]1C3Cc4c(O)c(C)c5c(c4[C@H](CNC(=O)[C@H](C)N)N3[C@@H](C#N)[C@H](C2)N1C)OCO5. The molecule has 8 aliphatic rings. The first kappa shape index (κ1) is 53.0. The Morgan fingerprint density at radius 2 is 0.974 bits per heavy atom. The van der Waals surface area contributed by atoms with Gasteiger partial charge in [-0.3, -0.25) is 29.2 Å². The molecule has 2 amide bonds. The molecule has 412 valence electrons. The zero-order valence-electron chi connectivity index (χ0n) is 46.2. The number of phenolic OH excluding ortho intramolecular Hbond substituents is 4. The van der Waals surface area contributed by atoms with Gasteiger partial charge in [0.15, 0.2) is 23.0 Å². The average molecular weight is 1070 g/mol. The summed E-state index contributed by atoms with van der Waals surface area (Å²) in [5.41, 5.74) is 17.7. The van der Waals surface area contributed by atoms with E-state index in [2.05, 4.69) is 54.5 Å². The number of hydrogen-bond acceptors (Lipinski definition) is 17. The molecule has 0 saturated carbocycles. The minimum Gasteiger partial charge on any atom is -0.507 e. The second-order valence-electron chi connectivity index (χ2n) is 23.2. The second kappa shape index (κ2) is 19.4. The van der Waals surface area contributed by atoms with Gasteiger partial charge in [-0.05, 0) is 122 Å². The Morgan fingerprint density at radius 1 is 0.590 bits per heavy atom. The molecule has 0 spiro atoms. The fourth-order valence-corrected chi connectivity index (χ4v) is 14.6. The molecule has 12 rings (SSSR count). The van der Waals surface area contributed by atoms with Crippen molar-refractivity contribution in [3.63, 3.8) is 0 Å². The van der Waals surface area contributed by atoms with E-state index >= 15 is 0 Å². The summed E-state index contributed by atoms with van der Waals surface area (Å²) in [5.74, 6) is 2.44. The number of carbonyl (C=O) groups is 2. The summed E-state index contributed by atoms with van der Waals surface area (Å²) in [5, 5.41) is 73.0. The Labute approximate surface area is 455 Å². The molecule has 8 heterocycles. The maximum Gasteiger partial charge on any atom is 0.236 e. The number of aryl methyl sites for hydroxylation is 2. The average Bonchev–Trinajstić information content (AvgIpc) is 4.22. The number of fused-ring (bicyclic) bond motifs is 18. The molecule has 2 fully saturated rings. The zero-order chi connectivity index (χ0) is 55.8. The lowest BCUT2D eigenvalue weighted by Crippen LogP contribution is -2.68. The van der Waals surface area contributed by atoms with E-state index in [9.17, 15) is 40.5 Å². The van der Waals surface area contributed by atoms with E-state index in [0.29, 0.717) is 65.6 Å². The van der Waals surface area contributed by atoms with Gasteiger partial charge in [-0.15, -0.1) is 0 Å². The molecule has 19 heteroatoms. The molecular weight excluding hydrogens is 995 g/mol. The van der Waals surface area contributed by atoms with E-state index in [-0.39, 0.29) is 97.9 Å². The van der Waals surface area contributed by atoms with Crippen LogP contribution in [0.2, 0.25) is 0 Å². The number of likely N-dealkylation sites (N-methyl/N-ethyl adjacent to an activating group) is 2. The minimum absolute atomic E-state index is 0.0317. The number of piperazine rings is 2. The van der Waals surface area contributed by atoms with Crippen LogP contribution in [0.4, 0.5) is 0 Å². The van der Waals surface area contributed by atoms with Crippen molar-refractivity contribution in [2.24, 2.45) is 11.7 Å². The molecular formula is C59H71N9O10. The fourth-order valence-electron chi connectivity index (χ4n) is 14.6. The summed E-state index contributed by atoms with van der Waals surface area (Å²) in [6, 6.07) is 5.67. The van der Waals surface area contributed by atoms with Gasteiger partial charge in [-0.25, -0.2) is 0 Å². The van der Waals surface area contributed by atoms with Crippen LogP contribution in [0, 0.1) is 70.1 Å². The molecule has 4 bridgehead atoms. The number of rotatable bonds is 6. The van der Waals surface area contributed by atoms with Crippen LogP contribution in [0.5, 0.6) is 46.0 Å². The predicted molar refractivity (Wildman–Crippen MR) is 287 cm³/mol. The van der Waals surface area contributed by atoms with E-state index in [1.54, 1.807) is 13.8 Å². The lowest BCUT2D eigenvalue weighted by atomic mass is 9.71. The smallest absolute Gasteiger partial charge is 0.236 e. The number of nitrogens with zero attached hydrogens (tertiary/aromatic N) is 6. The molecule has 8 N–H and O–H groups in total. The van der Waals surface area contributed by atoms with Crippen molar-refractivity contribution in [3.8, 4) is 58.1 Å². The third-order valence-electron chi connectivity index (χ3n) is 18.8. The highest BCUT2D eigenvalue weighted by Crippen LogP contribution is 2.60. The molecule has 8 aliphatic heterocycles. The first-order valence-corrected chi connectivity index (χ1v) is 27.1. The fraction of sp³-hybridized carbons (Fsp3) is 0.525. The Balaban J connectivity index is 0.000000165. The number of phenols is 4. The quantitative estimate of drug-likeness (QED) is 0.130. The van der Waals surface area contributed by atoms with Gasteiger partial charge >= 0.3 is 0 Å². The van der Waals surface area contributed by atoms with Crippen LogP contribution in [0.15, 0.2) is 12.1 Å². The summed E-state index contributed by atoms with van der Waals surface area (Å²) in [7, 11) is 4.05. The standard InChI is InChI=1S/C30H36N4O5.C29H35N5O5/c1-13(2)30(37)32-11-22-24-18(26(35)16(5)28-29(24)39-12-38-28)9-20-25-23-17(7-14(3)15(4)27(23)36)8-19(33(25)6)21(10-31)34(20)22;1-12-6-16-7-18-20(9-30)34-19(24(33(18)5)22(16)26(36)13(12)2)8-17-23(21(34)10-32-29(37)15(4)31)28-27(38-11-39-28)14(3)25(17)35/h7,13,19-22,25,35-36H,8-9,11-12H2,1-6H3,(H,32,37);6,15,18-21,24,35-36H,7-8,10-11,31H2,1-5H3,(H,32,37)/t19-,20?,21-,22-,25-;15-,18-,19?,20-,21-,24-/m00/s1. The maximum absolute atomic E-state index is 12.7. The molecule has 78 heavy (non-hydrogen) atoms. The van der Waals surface area contributed by atoms with E-state index in [1.807, 2.05) is 62.6 Å². The lowest BCUT2D eigenvalue weighted by Gasteiger charge is -2.60. The molecule has 0 aromatic heterocycles. The first-order valence-electron chi connectivity index (χ1n) is 27.1. The third-order valence-corrected chi connectivity index (χ3v) is 18.8. The van der Waals surface area contributed by atoms with Crippen molar-refractivity contribution in [2.75, 3.05) is 40.8 Å². The highest BCUT2D eigenvalue weighted by molar-refractivity contribution is 5.81. The summed E-state index contributed by atoms with van der Waals surface area (Å²) < 4.78 is 23.4. The number of nitrogens with one attached hydrogen (secondary N) is 2. The van der Waals surface area contributed by atoms with Gasteiger partial charge in [0, 0.05) is 87.7 Å². The van der Waals surface area contributed by atoms with Crippen LogP contribution >= 0.6 is 0 Å². The summed E-state index contributed by atoms with van der Waals surface area (Å²) >= 11 is 0. The molecule has 19 nitrogen and oxygen atoms in total. The number of carbonyl (C=O) groups excluding carboxylic acids is 2. The number of nitrogens with two attached hydrogens (primary N) is 1. The van der Waals surface area contributed by atoms with E-state index < -0.39 is 30.2 Å². The van der Waals surface area contributed by atoms with Crippen LogP contribution in [-0.4, -0.2) is 135 Å². The topological polar surface area (TPSA) is 263 Å². The summed E-state index contributed by atoms with van der Waals surface area (Å²) in [6.07, 6.45) is 2.13. The number of aromatic hydroxyl groups is 4. The molecule has 2 unspecified atom stereocenters. The number of benzene rings is 4. The van der Waals surface area contributed by atoms with Gasteiger partial charge in [0.1, 0.15) is 35.1 Å². The number of nitriles is 2. The van der Waals surface area contributed by atoms with E-state index in [0.717, 1.165) is 66.8 Å². The van der Waals surface area contributed by atoms with Crippen LogP contribution < -0.4 is 35.3 Å². The predicted octanol–water partition coefficient (Wildman–Crippen LogP) is 5.28. The van der Waals surface area contributed by atoms with E-state index in [4.69, 9.17) is 24.7 Å². The number of hydrogen-bond donors (Lipinski definition) is 7. The van der Waals surface area contributed by atoms with E-state index in [1.165, 1.54) is 0 Å². The molecule has 4 aromatic rings. The molecule has 0 radical (unpaired) electrons. The summed E-state index contributed by atoms with van der Waals surface area (Å²) in [6.45, 7) is 17.3. The molecule has 2 saturated heterocycles. The number of amides is 2. The summed E-state index contributed by atoms with van der Waals surface area (Å²) in [4.78, 5) is 34.2. The second-order valence-corrected chi connectivity index (χ2v) is 23.2. The number of ether oxygens (including phenoxy) is 4. The van der Waals surface area contributed by atoms with Crippen LogP contribution in [0.1, 0.15) is 123 Å². The van der Waals surface area contributed by atoms with Crippen LogP contribution in [0.25, 0.3) is 0 Å². The van der Waals surface area contributed by atoms with Crippen molar-refractivity contribution in [1.82, 2.24) is 30.2 Å². The minimum atomic E-state index is -0.700. The monoisotopic (exact) mass is 1070 g/mol. The van der Waals surface area contributed by atoms with Gasteiger partial charge in [0.25, 0.3) is 0 Å². The van der Waals surface area contributed by atoms with Crippen molar-refractivity contribution in [1.29, 1.82) is 10.5 Å². The first-order chi connectivity index (χ1) is 37.1. The zero-order valence-corrected chi connectivity index (χ0v) is 46.2. The Hall–Kier alpha value is -7.00. The Bertz CT molecular complexity index is 3080. The van der Waals surface area contributed by atoms with Crippen molar-refractivity contribution < 1.29 is 49.0 Å². The van der Waals surface area contributed by atoms with Gasteiger partial charge in [-0.1, -0.05) is 26.0 Å². The van der Waals surface area contributed by atoms with Gasteiger partial charge in [0.05, 0.1) is 42.3 Å². The normalized spacial score (nSPS) is 27.3. The lowest BCUT2D eigenvalue weighted by molar-refractivity contribution is -0.125. The molecule has 4 aromatic carbocycles. The molecule has 0 aliphatic carbocycles. The Morgan fingerprint density at radius 3 is 1.35 bits per heavy atom. The van der Waals surface area contributed by atoms with Crippen molar-refractivity contribution in [3.05, 3.63) is 90.0 Å². The van der Waals surface area contributed by atoms with Gasteiger partial charge in [-0.2, -0.15) is 10.5 Å². The van der Waals surface area contributed by atoms with Crippen molar-refractivity contribution in [2.45, 2.75) is 154 Å². The largest absolute Gasteiger partial charge is 0.507 e. The van der Waals surface area contributed by atoms with Crippen molar-refractivity contribution >= 4 is 11.8 Å². The third kappa shape index (κ3) is 7.74. The Kier molecular flexibility index (Phi) is 13.2. The van der Waals surface area contributed by atoms with Gasteiger partial charge < -0.3 is 55.7 Å². The maximum atomic E-state index is 12.7. The van der Waals surface area contributed by atoms with Crippen LogP contribution in [-0.2, 0) is 35.3 Å². The highest BCUT2D eigenvalue weighted by atomic mass is 16.7.